The Morgan fingerprint density at radius 1 is 1.00 bits per heavy atom. The maximum Gasteiger partial charge on any atom is 0.254 e. The van der Waals surface area contributed by atoms with Gasteiger partial charge >= 0.3 is 0 Å². The summed E-state index contributed by atoms with van der Waals surface area (Å²) in [5.41, 5.74) is 2.22. The number of ketones is 1. The predicted molar refractivity (Wildman–Crippen MR) is 90.2 cm³/mol. The van der Waals surface area contributed by atoms with Crippen LogP contribution in [0.4, 0.5) is 0 Å². The van der Waals surface area contributed by atoms with E-state index in [1.54, 1.807) is 34.9 Å². The van der Waals surface area contributed by atoms with E-state index in [2.05, 4.69) is 4.98 Å². The highest BCUT2D eigenvalue weighted by atomic mass is 16.2. The Morgan fingerprint density at radius 3 is 2.58 bits per heavy atom. The van der Waals surface area contributed by atoms with Crippen molar-refractivity contribution in [2.45, 2.75) is 12.8 Å². The van der Waals surface area contributed by atoms with Crippen LogP contribution in [0.5, 0.6) is 0 Å². The highest BCUT2D eigenvalue weighted by Crippen LogP contribution is 2.19. The topological polar surface area (TPSA) is 54.7 Å². The number of fused-ring (bicyclic) bond motifs is 1. The Labute approximate surface area is 139 Å². The second-order valence-corrected chi connectivity index (χ2v) is 5.98. The summed E-state index contributed by atoms with van der Waals surface area (Å²) in [6.45, 7) is 1.57. The second kappa shape index (κ2) is 5.92. The van der Waals surface area contributed by atoms with Crippen LogP contribution in [0.3, 0.4) is 0 Å². The summed E-state index contributed by atoms with van der Waals surface area (Å²) in [7, 11) is 0. The maximum atomic E-state index is 12.8. The van der Waals surface area contributed by atoms with Gasteiger partial charge in [-0.25, -0.2) is 0 Å². The average molecular weight is 319 g/mol. The summed E-state index contributed by atoms with van der Waals surface area (Å²) in [5.74, 6) is -0.195. The highest BCUT2D eigenvalue weighted by molar-refractivity contribution is 6.08. The van der Waals surface area contributed by atoms with Crippen LogP contribution in [-0.4, -0.2) is 39.1 Å². The van der Waals surface area contributed by atoms with Gasteiger partial charge in [0.05, 0.1) is 5.69 Å². The minimum absolute atomic E-state index is 0.00808. The van der Waals surface area contributed by atoms with Gasteiger partial charge in [0.15, 0.2) is 0 Å². The summed E-state index contributed by atoms with van der Waals surface area (Å²) in [5, 5.41) is 0. The van der Waals surface area contributed by atoms with Crippen molar-refractivity contribution in [1.29, 1.82) is 0 Å². The molecule has 0 aliphatic carbocycles. The van der Waals surface area contributed by atoms with Crippen LogP contribution < -0.4 is 0 Å². The number of likely N-dealkylation sites (tertiary alicyclic amines) is 1. The van der Waals surface area contributed by atoms with Crippen molar-refractivity contribution in [3.05, 3.63) is 71.8 Å². The third-order valence-electron chi connectivity index (χ3n) is 4.41. The molecule has 1 fully saturated rings. The van der Waals surface area contributed by atoms with Crippen LogP contribution >= 0.6 is 0 Å². The van der Waals surface area contributed by atoms with Crippen molar-refractivity contribution < 1.29 is 9.59 Å². The number of hydrogen-bond donors (Lipinski definition) is 0. The Morgan fingerprint density at radius 2 is 1.83 bits per heavy atom. The molecular formula is C19H17N3O2. The molecular weight excluding hydrogens is 302 g/mol. The van der Waals surface area contributed by atoms with Gasteiger partial charge in [0, 0.05) is 36.6 Å². The lowest BCUT2D eigenvalue weighted by Crippen LogP contribution is -2.28. The van der Waals surface area contributed by atoms with E-state index in [0.717, 1.165) is 31.4 Å². The van der Waals surface area contributed by atoms with Gasteiger partial charge in [0.2, 0.25) is 5.78 Å². The van der Waals surface area contributed by atoms with Gasteiger partial charge in [-0.3, -0.25) is 14.6 Å². The first-order valence-corrected chi connectivity index (χ1v) is 8.10. The Balaban J connectivity index is 1.81. The Bertz CT molecular complexity index is 909. The standard InChI is InChI=1S/C19H17N3O2/c23-18(16-7-1-2-8-20-16)17-13-14(12-15-6-5-11-22(15)17)19(24)21-9-3-4-10-21/h1-2,5-8,11-13H,3-4,9-10H2. The van der Waals surface area contributed by atoms with Crippen LogP contribution in [-0.2, 0) is 0 Å². The predicted octanol–water partition coefficient (Wildman–Crippen LogP) is 2.80. The molecule has 0 N–H and O–H groups in total. The fourth-order valence-corrected chi connectivity index (χ4v) is 3.18. The molecule has 1 aliphatic rings. The fourth-order valence-electron chi connectivity index (χ4n) is 3.18. The van der Waals surface area contributed by atoms with Crippen molar-refractivity contribution in [3.63, 3.8) is 0 Å². The molecule has 0 unspecified atom stereocenters. The SMILES string of the molecule is O=C(c1ccccn1)c1cc(C(=O)N2CCCC2)cc2cccn12. The van der Waals surface area contributed by atoms with Gasteiger partial charge in [0.25, 0.3) is 5.91 Å². The molecule has 4 rings (SSSR count). The van der Waals surface area contributed by atoms with Crippen LogP contribution in [0.25, 0.3) is 5.52 Å². The molecule has 1 amide bonds. The van der Waals surface area contributed by atoms with E-state index < -0.39 is 0 Å². The normalized spacial score (nSPS) is 14.2. The van der Waals surface area contributed by atoms with Gasteiger partial charge in [0.1, 0.15) is 5.69 Å². The van der Waals surface area contributed by atoms with Crippen molar-refractivity contribution in [3.8, 4) is 0 Å². The van der Waals surface area contributed by atoms with E-state index in [1.807, 2.05) is 29.3 Å². The maximum absolute atomic E-state index is 12.8. The van der Waals surface area contributed by atoms with E-state index in [9.17, 15) is 9.59 Å². The molecule has 1 aliphatic heterocycles. The summed E-state index contributed by atoms with van der Waals surface area (Å²) in [6, 6.07) is 12.5. The number of aromatic nitrogens is 2. The second-order valence-electron chi connectivity index (χ2n) is 5.98. The van der Waals surface area contributed by atoms with Crippen molar-refractivity contribution >= 4 is 17.2 Å². The molecule has 0 atom stereocenters. The first-order valence-electron chi connectivity index (χ1n) is 8.10. The highest BCUT2D eigenvalue weighted by Gasteiger charge is 2.22. The lowest BCUT2D eigenvalue weighted by atomic mass is 10.1. The zero-order chi connectivity index (χ0) is 16.5. The molecule has 0 radical (unpaired) electrons. The number of hydrogen-bond acceptors (Lipinski definition) is 3. The van der Waals surface area contributed by atoms with Gasteiger partial charge < -0.3 is 9.30 Å². The van der Waals surface area contributed by atoms with Crippen molar-refractivity contribution in [2.75, 3.05) is 13.1 Å². The van der Waals surface area contributed by atoms with E-state index in [-0.39, 0.29) is 11.7 Å². The minimum Gasteiger partial charge on any atom is -0.339 e. The molecule has 0 spiro atoms. The van der Waals surface area contributed by atoms with E-state index in [0.29, 0.717) is 17.0 Å². The molecule has 4 heterocycles. The van der Waals surface area contributed by atoms with Crippen LogP contribution in [0, 0.1) is 0 Å². The zero-order valence-electron chi connectivity index (χ0n) is 13.2. The monoisotopic (exact) mass is 319 g/mol. The van der Waals surface area contributed by atoms with Crippen molar-refractivity contribution in [2.24, 2.45) is 0 Å². The third-order valence-corrected chi connectivity index (χ3v) is 4.41. The van der Waals surface area contributed by atoms with E-state index in [1.165, 1.54) is 0 Å². The van der Waals surface area contributed by atoms with Gasteiger partial charge in [-0.15, -0.1) is 0 Å². The molecule has 3 aromatic rings. The number of rotatable bonds is 3. The molecule has 0 bridgehead atoms. The number of nitrogens with zero attached hydrogens (tertiary/aromatic N) is 3. The summed E-state index contributed by atoms with van der Waals surface area (Å²) >= 11 is 0. The number of amides is 1. The van der Waals surface area contributed by atoms with Crippen LogP contribution in [0.2, 0.25) is 0 Å². The van der Waals surface area contributed by atoms with E-state index in [4.69, 9.17) is 0 Å². The molecule has 3 aromatic heterocycles. The average Bonchev–Trinajstić information content (AvgIpc) is 3.31. The number of pyridine rings is 2. The van der Waals surface area contributed by atoms with Gasteiger partial charge in [-0.05, 0) is 49.2 Å². The molecule has 0 aromatic carbocycles. The lowest BCUT2D eigenvalue weighted by Gasteiger charge is -2.16. The smallest absolute Gasteiger partial charge is 0.254 e. The van der Waals surface area contributed by atoms with E-state index >= 15 is 0 Å². The van der Waals surface area contributed by atoms with Crippen LogP contribution in [0.1, 0.15) is 39.4 Å². The number of carbonyl (C=O) groups is 2. The Hall–Kier alpha value is -2.95. The quantitative estimate of drug-likeness (QED) is 0.698. The van der Waals surface area contributed by atoms with Gasteiger partial charge in [-0.1, -0.05) is 6.07 Å². The van der Waals surface area contributed by atoms with Crippen LogP contribution in [0.15, 0.2) is 54.9 Å². The molecule has 5 heteroatoms. The summed E-state index contributed by atoms with van der Waals surface area (Å²) in [4.78, 5) is 31.6. The number of carbonyl (C=O) groups excluding carboxylic acids is 2. The minimum atomic E-state index is -0.187. The lowest BCUT2D eigenvalue weighted by molar-refractivity contribution is 0.0793. The summed E-state index contributed by atoms with van der Waals surface area (Å²) < 4.78 is 1.80. The molecule has 1 saturated heterocycles. The third kappa shape index (κ3) is 2.48. The van der Waals surface area contributed by atoms with Crippen molar-refractivity contribution in [1.82, 2.24) is 14.3 Å². The molecule has 120 valence electrons. The fraction of sp³-hybridized carbons (Fsp3) is 0.211. The first kappa shape index (κ1) is 14.6. The Kier molecular flexibility index (Phi) is 3.61. The van der Waals surface area contributed by atoms with Gasteiger partial charge in [-0.2, -0.15) is 0 Å². The first-order chi connectivity index (χ1) is 11.7. The molecule has 5 nitrogen and oxygen atoms in total. The molecule has 0 saturated carbocycles. The zero-order valence-corrected chi connectivity index (χ0v) is 13.2. The molecule has 24 heavy (non-hydrogen) atoms. The summed E-state index contributed by atoms with van der Waals surface area (Å²) in [6.07, 6.45) is 5.51. The largest absolute Gasteiger partial charge is 0.339 e.